The molecule has 1 aliphatic heterocycles. The van der Waals surface area contributed by atoms with E-state index in [0.29, 0.717) is 13.1 Å². The first-order chi connectivity index (χ1) is 6.38. The van der Waals surface area contributed by atoms with Gasteiger partial charge < -0.3 is 4.90 Å². The van der Waals surface area contributed by atoms with E-state index in [1.54, 1.807) is 4.90 Å². The van der Waals surface area contributed by atoms with Gasteiger partial charge in [-0.05, 0) is 6.42 Å². The van der Waals surface area contributed by atoms with Gasteiger partial charge >= 0.3 is 0 Å². The van der Waals surface area contributed by atoms with Gasteiger partial charge in [0.1, 0.15) is 5.75 Å². The van der Waals surface area contributed by atoms with E-state index in [0.717, 1.165) is 17.2 Å². The van der Waals surface area contributed by atoms with Crippen molar-refractivity contribution in [3.05, 3.63) is 10.6 Å². The van der Waals surface area contributed by atoms with Gasteiger partial charge in [-0.15, -0.1) is 0 Å². The van der Waals surface area contributed by atoms with E-state index in [4.69, 9.17) is 0 Å². The maximum absolute atomic E-state index is 11.5. The number of nitrogens with zero attached hydrogens (tertiary/aromatic N) is 1. The molecule has 4 nitrogen and oxygen atoms in total. The van der Waals surface area contributed by atoms with Crippen LogP contribution in [0.15, 0.2) is 10.6 Å². The molecule has 0 saturated heterocycles. The summed E-state index contributed by atoms with van der Waals surface area (Å²) in [6.45, 7) is 1.08. The van der Waals surface area contributed by atoms with Crippen LogP contribution in [0.1, 0.15) is 6.42 Å². The fourth-order valence-electron chi connectivity index (χ4n) is 1.23. The summed E-state index contributed by atoms with van der Waals surface area (Å²) in [6, 6.07) is 0. The second-order valence-electron chi connectivity index (χ2n) is 3.33. The highest BCUT2D eigenvalue weighted by Gasteiger charge is 2.20. The number of sulfone groups is 1. The predicted octanol–water partition coefficient (Wildman–Crippen LogP) is 0.542. The van der Waals surface area contributed by atoms with Crippen molar-refractivity contribution in [2.45, 2.75) is 6.42 Å². The summed E-state index contributed by atoms with van der Waals surface area (Å²) in [5.41, 5.74) is 0. The normalized spacial score (nSPS) is 17.9. The Kier molecular flexibility index (Phi) is 3.71. The highest BCUT2D eigenvalue weighted by atomic mass is 79.9. The average Bonchev–Trinajstić information content (AvgIpc) is 2.01. The van der Waals surface area contributed by atoms with Crippen LogP contribution in [0.2, 0.25) is 0 Å². The topological polar surface area (TPSA) is 54.5 Å². The second-order valence-corrected chi connectivity index (χ2v) is 6.48. The summed E-state index contributed by atoms with van der Waals surface area (Å²) in [4.78, 5) is 13.0. The maximum Gasteiger partial charge on any atom is 0.238 e. The summed E-state index contributed by atoms with van der Waals surface area (Å²) in [6.07, 6.45) is 3.83. The van der Waals surface area contributed by atoms with Crippen molar-refractivity contribution in [2.75, 3.05) is 25.1 Å². The minimum atomic E-state index is -3.22. The molecule has 0 aromatic heterocycles. The van der Waals surface area contributed by atoms with Crippen LogP contribution in [0, 0.1) is 0 Å². The molecule has 6 heteroatoms. The van der Waals surface area contributed by atoms with E-state index in [1.165, 1.54) is 0 Å². The average molecular weight is 282 g/mol. The monoisotopic (exact) mass is 281 g/mol. The molecule has 1 amide bonds. The molecular formula is C8H12BrNO3S. The summed E-state index contributed by atoms with van der Waals surface area (Å²) in [5, 5.41) is 0. The second kappa shape index (κ2) is 4.44. The molecule has 1 aliphatic rings. The van der Waals surface area contributed by atoms with Crippen LogP contribution in [0.5, 0.6) is 0 Å². The van der Waals surface area contributed by atoms with E-state index in [-0.39, 0.29) is 5.91 Å². The van der Waals surface area contributed by atoms with Gasteiger partial charge in [0.2, 0.25) is 5.91 Å². The lowest BCUT2D eigenvalue weighted by Gasteiger charge is -2.25. The van der Waals surface area contributed by atoms with Crippen LogP contribution < -0.4 is 0 Å². The van der Waals surface area contributed by atoms with Crippen molar-refractivity contribution >= 4 is 31.7 Å². The van der Waals surface area contributed by atoms with Gasteiger partial charge in [0.25, 0.3) is 0 Å². The maximum atomic E-state index is 11.5. The van der Waals surface area contributed by atoms with E-state index >= 15 is 0 Å². The Labute approximate surface area is 92.0 Å². The first-order valence-corrected chi connectivity index (χ1v) is 7.04. The number of carbonyl (C=O) groups is 1. The molecule has 0 N–H and O–H groups in total. The van der Waals surface area contributed by atoms with Crippen molar-refractivity contribution in [3.8, 4) is 0 Å². The Morgan fingerprint density at radius 1 is 1.64 bits per heavy atom. The van der Waals surface area contributed by atoms with Crippen molar-refractivity contribution < 1.29 is 13.2 Å². The van der Waals surface area contributed by atoms with Crippen LogP contribution in [0.4, 0.5) is 0 Å². The molecule has 0 atom stereocenters. The lowest BCUT2D eigenvalue weighted by atomic mass is 10.2. The number of hydrogen-bond donors (Lipinski definition) is 0. The minimum Gasteiger partial charge on any atom is -0.337 e. The van der Waals surface area contributed by atoms with Crippen LogP contribution in [0.25, 0.3) is 0 Å². The Hall–Kier alpha value is -0.360. The van der Waals surface area contributed by atoms with Gasteiger partial charge in [-0.25, -0.2) is 8.42 Å². The highest BCUT2D eigenvalue weighted by Crippen LogP contribution is 2.14. The standard InChI is InChI=1S/C8H12BrNO3S/c1-14(12,13)6-8(11)10-4-2-3-7(9)5-10/h3H,2,4-6H2,1H3. The zero-order valence-corrected chi connectivity index (χ0v) is 10.3. The first kappa shape index (κ1) is 11.7. The number of carbonyl (C=O) groups excluding carboxylic acids is 1. The third-order valence-corrected chi connectivity index (χ3v) is 3.19. The molecule has 0 saturated carbocycles. The molecule has 80 valence electrons. The van der Waals surface area contributed by atoms with Gasteiger partial charge in [-0.3, -0.25) is 4.79 Å². The number of halogens is 1. The molecule has 14 heavy (non-hydrogen) atoms. The van der Waals surface area contributed by atoms with E-state index in [2.05, 4.69) is 15.9 Å². The van der Waals surface area contributed by atoms with Crippen LogP contribution in [-0.4, -0.2) is 44.3 Å². The van der Waals surface area contributed by atoms with Crippen LogP contribution >= 0.6 is 15.9 Å². The van der Waals surface area contributed by atoms with Crippen LogP contribution in [0.3, 0.4) is 0 Å². The third-order valence-electron chi connectivity index (χ3n) is 1.85. The molecule has 1 rings (SSSR count). The molecule has 1 heterocycles. The Bertz CT molecular complexity index is 361. The van der Waals surface area contributed by atoms with Crippen molar-refractivity contribution in [1.82, 2.24) is 4.90 Å². The molecule has 0 aromatic carbocycles. The minimum absolute atomic E-state index is 0.322. The molecule has 0 unspecified atom stereocenters. The van der Waals surface area contributed by atoms with Crippen molar-refractivity contribution in [2.24, 2.45) is 0 Å². The molecule has 0 fully saturated rings. The molecule has 0 radical (unpaired) electrons. The lowest BCUT2D eigenvalue weighted by molar-refractivity contribution is -0.128. The van der Waals surface area contributed by atoms with Gasteiger partial charge in [0.05, 0.1) is 6.54 Å². The van der Waals surface area contributed by atoms with E-state index in [1.807, 2.05) is 6.08 Å². The largest absolute Gasteiger partial charge is 0.337 e. The summed E-state index contributed by atoms with van der Waals surface area (Å²) in [5.74, 6) is -0.717. The molecule has 0 spiro atoms. The fourth-order valence-corrected chi connectivity index (χ4v) is 2.39. The summed E-state index contributed by atoms with van der Waals surface area (Å²) in [7, 11) is -3.22. The molecule has 0 aromatic rings. The fraction of sp³-hybridized carbons (Fsp3) is 0.625. The molecule has 0 bridgehead atoms. The third kappa shape index (κ3) is 3.79. The van der Waals surface area contributed by atoms with Crippen molar-refractivity contribution in [1.29, 1.82) is 0 Å². The van der Waals surface area contributed by atoms with Gasteiger partial charge in [-0.2, -0.15) is 0 Å². The van der Waals surface area contributed by atoms with E-state index in [9.17, 15) is 13.2 Å². The predicted molar refractivity (Wildman–Crippen MR) is 57.9 cm³/mol. The SMILES string of the molecule is CS(=O)(=O)CC(=O)N1CCC=C(Br)C1. The lowest BCUT2D eigenvalue weighted by Crippen LogP contribution is -2.38. The quantitative estimate of drug-likeness (QED) is 0.743. The zero-order valence-electron chi connectivity index (χ0n) is 7.86. The van der Waals surface area contributed by atoms with E-state index < -0.39 is 15.6 Å². The Morgan fingerprint density at radius 3 is 2.79 bits per heavy atom. The molecular weight excluding hydrogens is 270 g/mol. The number of hydrogen-bond acceptors (Lipinski definition) is 3. The molecule has 0 aliphatic carbocycles. The van der Waals surface area contributed by atoms with Crippen molar-refractivity contribution in [3.63, 3.8) is 0 Å². The van der Waals surface area contributed by atoms with Gasteiger partial charge in [-0.1, -0.05) is 22.0 Å². The van der Waals surface area contributed by atoms with Gasteiger partial charge in [0.15, 0.2) is 9.84 Å². The van der Waals surface area contributed by atoms with Gasteiger partial charge in [0, 0.05) is 17.3 Å². The Morgan fingerprint density at radius 2 is 2.29 bits per heavy atom. The Balaban J connectivity index is 2.59. The highest BCUT2D eigenvalue weighted by molar-refractivity contribution is 9.11. The first-order valence-electron chi connectivity index (χ1n) is 4.18. The smallest absolute Gasteiger partial charge is 0.238 e. The summed E-state index contributed by atoms with van der Waals surface area (Å²) >= 11 is 3.29. The summed E-state index contributed by atoms with van der Waals surface area (Å²) < 4.78 is 22.7. The number of amides is 1. The zero-order chi connectivity index (χ0) is 10.8. The number of rotatable bonds is 2. The van der Waals surface area contributed by atoms with Crippen LogP contribution in [-0.2, 0) is 14.6 Å².